The lowest BCUT2D eigenvalue weighted by Crippen LogP contribution is -2.15. The normalized spacial score (nSPS) is 10.5. The molecule has 0 aliphatic rings. The van der Waals surface area contributed by atoms with Crippen LogP contribution in [0, 0.1) is 6.92 Å². The molecule has 8 nitrogen and oxygen atoms in total. The molecule has 0 fully saturated rings. The minimum absolute atomic E-state index is 0.0679. The number of nitrogen functional groups attached to an aromatic ring is 1. The predicted octanol–water partition coefficient (Wildman–Crippen LogP) is 2.49. The van der Waals surface area contributed by atoms with E-state index in [1.807, 2.05) is 31.2 Å². The van der Waals surface area contributed by atoms with Crippen molar-refractivity contribution in [2.24, 2.45) is 0 Å². The largest absolute Gasteiger partial charge is 0.493 e. The Labute approximate surface area is 156 Å². The summed E-state index contributed by atoms with van der Waals surface area (Å²) in [6.45, 7) is 2.45. The van der Waals surface area contributed by atoms with Crippen LogP contribution in [0.4, 0.5) is 11.5 Å². The summed E-state index contributed by atoms with van der Waals surface area (Å²) in [5.74, 6) is 0.831. The van der Waals surface area contributed by atoms with E-state index in [9.17, 15) is 4.79 Å². The third-order valence-electron chi connectivity index (χ3n) is 4.21. The number of nitrogens with one attached hydrogen (secondary N) is 1. The van der Waals surface area contributed by atoms with Crippen LogP contribution in [0.1, 0.15) is 21.6 Å². The van der Waals surface area contributed by atoms with Crippen LogP contribution in [-0.2, 0) is 6.54 Å². The van der Waals surface area contributed by atoms with Crippen LogP contribution < -0.4 is 20.5 Å². The number of ether oxygens (including phenoxy) is 2. The second kappa shape index (κ2) is 7.77. The van der Waals surface area contributed by atoms with Gasteiger partial charge in [-0.15, -0.1) is 5.10 Å². The number of nitrogens with two attached hydrogens (primary N) is 1. The molecule has 0 bridgehead atoms. The fourth-order valence-electron chi connectivity index (χ4n) is 2.65. The van der Waals surface area contributed by atoms with Crippen LogP contribution in [0.25, 0.3) is 0 Å². The summed E-state index contributed by atoms with van der Waals surface area (Å²) in [7, 11) is 3.07. The van der Waals surface area contributed by atoms with Gasteiger partial charge in [0.2, 0.25) is 0 Å². The highest BCUT2D eigenvalue weighted by Gasteiger charge is 2.18. The van der Waals surface area contributed by atoms with E-state index in [0.29, 0.717) is 23.7 Å². The molecular weight excluding hydrogens is 346 g/mol. The monoisotopic (exact) mass is 367 g/mol. The van der Waals surface area contributed by atoms with Gasteiger partial charge in [-0.05, 0) is 30.2 Å². The maximum atomic E-state index is 12.5. The van der Waals surface area contributed by atoms with E-state index in [1.54, 1.807) is 25.3 Å². The first-order chi connectivity index (χ1) is 13.0. The van der Waals surface area contributed by atoms with Crippen molar-refractivity contribution in [3.63, 3.8) is 0 Å². The number of carbonyl (C=O) groups is 1. The highest BCUT2D eigenvalue weighted by molar-refractivity contribution is 6.05. The second-order valence-electron chi connectivity index (χ2n) is 5.93. The summed E-state index contributed by atoms with van der Waals surface area (Å²) in [6.07, 6.45) is 0. The molecule has 1 amide bonds. The Bertz CT molecular complexity index is 968. The summed E-state index contributed by atoms with van der Waals surface area (Å²) in [5.41, 5.74) is 8.86. The van der Waals surface area contributed by atoms with Gasteiger partial charge < -0.3 is 20.5 Å². The average Bonchev–Trinajstić information content (AvgIpc) is 3.04. The van der Waals surface area contributed by atoms with Gasteiger partial charge in [0.25, 0.3) is 5.91 Å². The van der Waals surface area contributed by atoms with Crippen LogP contribution in [0.3, 0.4) is 0 Å². The standard InChI is InChI=1S/C19H21N5O3/c1-12-6-4-5-7-13(12)11-24-18(20)17(22-23-24)19(25)21-14-8-9-15(26-2)16(10-14)27-3/h4-10H,11,20H2,1-3H3,(H,21,25). The van der Waals surface area contributed by atoms with Crippen LogP contribution in [-0.4, -0.2) is 35.1 Å². The molecule has 0 spiro atoms. The van der Waals surface area contributed by atoms with E-state index in [2.05, 4.69) is 15.6 Å². The predicted molar refractivity (Wildman–Crippen MR) is 102 cm³/mol. The molecule has 0 unspecified atom stereocenters. The lowest BCUT2D eigenvalue weighted by atomic mass is 10.1. The van der Waals surface area contributed by atoms with Crippen LogP contribution in [0.5, 0.6) is 11.5 Å². The van der Waals surface area contributed by atoms with Crippen molar-refractivity contribution in [2.75, 3.05) is 25.3 Å². The molecule has 2 aromatic carbocycles. The number of nitrogens with zero attached hydrogens (tertiary/aromatic N) is 3. The van der Waals surface area contributed by atoms with Crippen LogP contribution in [0.15, 0.2) is 42.5 Å². The topological polar surface area (TPSA) is 104 Å². The fraction of sp³-hybridized carbons (Fsp3) is 0.211. The van der Waals surface area contributed by atoms with Crippen molar-refractivity contribution >= 4 is 17.4 Å². The zero-order valence-corrected chi connectivity index (χ0v) is 15.4. The first-order valence-electron chi connectivity index (χ1n) is 8.30. The molecule has 0 saturated heterocycles. The molecule has 0 atom stereocenters. The Balaban J connectivity index is 1.78. The number of aryl methyl sites for hydroxylation is 1. The maximum absolute atomic E-state index is 12.5. The zero-order chi connectivity index (χ0) is 19.4. The Kier molecular flexibility index (Phi) is 5.25. The van der Waals surface area contributed by atoms with E-state index >= 15 is 0 Å². The van der Waals surface area contributed by atoms with E-state index in [0.717, 1.165) is 11.1 Å². The smallest absolute Gasteiger partial charge is 0.280 e. The summed E-state index contributed by atoms with van der Waals surface area (Å²) >= 11 is 0. The van der Waals surface area contributed by atoms with Crippen molar-refractivity contribution in [2.45, 2.75) is 13.5 Å². The molecular formula is C19H21N5O3. The maximum Gasteiger partial charge on any atom is 0.280 e. The van der Waals surface area contributed by atoms with E-state index in [4.69, 9.17) is 15.2 Å². The van der Waals surface area contributed by atoms with Gasteiger partial charge in [-0.25, -0.2) is 4.68 Å². The molecule has 8 heteroatoms. The van der Waals surface area contributed by atoms with Gasteiger partial charge >= 0.3 is 0 Å². The number of carbonyl (C=O) groups excluding carboxylic acids is 1. The third kappa shape index (κ3) is 3.84. The van der Waals surface area contributed by atoms with Gasteiger partial charge in [-0.3, -0.25) is 4.79 Å². The van der Waals surface area contributed by atoms with Crippen molar-refractivity contribution in [3.8, 4) is 11.5 Å². The summed E-state index contributed by atoms with van der Waals surface area (Å²) in [5, 5.41) is 10.7. The fourth-order valence-corrected chi connectivity index (χ4v) is 2.65. The Hall–Kier alpha value is -3.55. The Morgan fingerprint density at radius 3 is 2.59 bits per heavy atom. The van der Waals surface area contributed by atoms with Gasteiger partial charge in [0.05, 0.1) is 20.8 Å². The number of methoxy groups -OCH3 is 2. The average molecular weight is 367 g/mol. The molecule has 3 N–H and O–H groups in total. The molecule has 1 aromatic heterocycles. The van der Waals surface area contributed by atoms with Gasteiger partial charge in [-0.2, -0.15) is 0 Å². The lowest BCUT2D eigenvalue weighted by Gasteiger charge is -2.10. The zero-order valence-electron chi connectivity index (χ0n) is 15.4. The van der Waals surface area contributed by atoms with E-state index < -0.39 is 5.91 Å². The second-order valence-corrected chi connectivity index (χ2v) is 5.93. The summed E-state index contributed by atoms with van der Waals surface area (Å²) in [6, 6.07) is 13.0. The molecule has 0 radical (unpaired) electrons. The quantitative estimate of drug-likeness (QED) is 0.694. The Morgan fingerprint density at radius 1 is 1.15 bits per heavy atom. The van der Waals surface area contributed by atoms with E-state index in [-0.39, 0.29) is 11.5 Å². The summed E-state index contributed by atoms with van der Waals surface area (Å²) < 4.78 is 11.9. The number of benzene rings is 2. The number of rotatable bonds is 6. The Morgan fingerprint density at radius 2 is 1.89 bits per heavy atom. The first-order valence-corrected chi connectivity index (χ1v) is 8.30. The number of anilines is 2. The number of aromatic nitrogens is 3. The van der Waals surface area contributed by atoms with Gasteiger partial charge in [0, 0.05) is 11.8 Å². The number of amides is 1. The summed E-state index contributed by atoms with van der Waals surface area (Å²) in [4.78, 5) is 12.5. The van der Waals surface area contributed by atoms with Crippen molar-refractivity contribution in [1.82, 2.24) is 15.0 Å². The minimum Gasteiger partial charge on any atom is -0.493 e. The van der Waals surface area contributed by atoms with Crippen LogP contribution >= 0.6 is 0 Å². The van der Waals surface area contributed by atoms with Crippen molar-refractivity contribution in [1.29, 1.82) is 0 Å². The molecule has 0 aliphatic heterocycles. The van der Waals surface area contributed by atoms with Gasteiger partial charge in [0.1, 0.15) is 0 Å². The molecule has 3 rings (SSSR count). The molecule has 27 heavy (non-hydrogen) atoms. The SMILES string of the molecule is COc1ccc(NC(=O)c2nnn(Cc3ccccc3C)c2N)cc1OC. The molecule has 3 aromatic rings. The molecule has 140 valence electrons. The lowest BCUT2D eigenvalue weighted by molar-refractivity contribution is 0.102. The highest BCUT2D eigenvalue weighted by atomic mass is 16.5. The number of hydrogen-bond acceptors (Lipinski definition) is 6. The molecule has 0 aliphatic carbocycles. The minimum atomic E-state index is -0.448. The van der Waals surface area contributed by atoms with Crippen molar-refractivity contribution < 1.29 is 14.3 Å². The van der Waals surface area contributed by atoms with Gasteiger partial charge in [0.15, 0.2) is 23.0 Å². The molecule has 1 heterocycles. The van der Waals surface area contributed by atoms with Gasteiger partial charge in [-0.1, -0.05) is 29.5 Å². The number of hydrogen-bond donors (Lipinski definition) is 2. The van der Waals surface area contributed by atoms with E-state index in [1.165, 1.54) is 11.8 Å². The van der Waals surface area contributed by atoms with Crippen LogP contribution in [0.2, 0.25) is 0 Å². The van der Waals surface area contributed by atoms with Crippen molar-refractivity contribution in [3.05, 3.63) is 59.3 Å². The third-order valence-corrected chi connectivity index (χ3v) is 4.21. The highest BCUT2D eigenvalue weighted by Crippen LogP contribution is 2.30. The molecule has 0 saturated carbocycles. The first kappa shape index (κ1) is 18.2.